The summed E-state index contributed by atoms with van der Waals surface area (Å²) in [7, 11) is 6.11. The number of carbonyl (C=O) groups is 8. The van der Waals surface area contributed by atoms with E-state index in [4.69, 9.17) is 19.9 Å². The molecule has 3 rings (SSSR count). The lowest BCUT2D eigenvalue weighted by Crippen LogP contribution is -2.60. The number of nitrogens with one attached hydrogen (secondary N) is 4. The third kappa shape index (κ3) is 18.0. The van der Waals surface area contributed by atoms with E-state index in [1.807, 2.05) is 52.8 Å². The summed E-state index contributed by atoms with van der Waals surface area (Å²) >= 11 is 0. The van der Waals surface area contributed by atoms with E-state index < -0.39 is 102 Å². The van der Waals surface area contributed by atoms with Gasteiger partial charge in [0.25, 0.3) is 0 Å². The van der Waals surface area contributed by atoms with Crippen LogP contribution in [0, 0.1) is 23.7 Å². The maximum Gasteiger partial charge on any atom is 0.410 e. The van der Waals surface area contributed by atoms with Gasteiger partial charge in [0.1, 0.15) is 24.7 Å². The van der Waals surface area contributed by atoms with Gasteiger partial charge in [-0.2, -0.15) is 0 Å². The Morgan fingerprint density at radius 1 is 0.787 bits per heavy atom. The molecule has 8 amide bonds. The van der Waals surface area contributed by atoms with Crippen LogP contribution in [0.4, 0.5) is 10.5 Å². The van der Waals surface area contributed by atoms with Gasteiger partial charge in [-0.25, -0.2) is 4.79 Å². The number of amides is 8. The SMILES string of the molecule is CCCC(=O)N[C@H](CC(N)=O)C(=O)Nc1ccc(COC(=O)N(C)[C@H](C(=O)NC(C(=O)N(C)[C@@H]([C@@H](C)CC)[C@@H](CC(=O)N2CCC[C@H]2[C@H](OC)[C@@H](C)C(=O)N[C@H](C)[C@@H](O)c2ccccc2)OC)C(C)C)C(C)C)cc1. The Kier molecular flexibility index (Phi) is 25.6. The smallest absolute Gasteiger partial charge is 0.410 e. The molecule has 20 heteroatoms. The molecule has 1 unspecified atom stereocenters. The lowest BCUT2D eigenvalue weighted by molar-refractivity contribution is -0.148. The van der Waals surface area contributed by atoms with Crippen molar-refractivity contribution in [2.24, 2.45) is 29.4 Å². The Labute approximate surface area is 443 Å². The second-order valence-corrected chi connectivity index (χ2v) is 20.6. The van der Waals surface area contributed by atoms with Crippen molar-refractivity contribution in [3.63, 3.8) is 0 Å². The van der Waals surface area contributed by atoms with E-state index in [9.17, 15) is 43.5 Å². The zero-order valence-corrected chi connectivity index (χ0v) is 46.4. The fourth-order valence-corrected chi connectivity index (χ4v) is 9.76. The quantitative estimate of drug-likeness (QED) is 0.0649. The number of carbonyl (C=O) groups excluding carboxylic acids is 8. The molecule has 0 spiro atoms. The van der Waals surface area contributed by atoms with Crippen molar-refractivity contribution in [2.75, 3.05) is 40.2 Å². The molecule has 7 N–H and O–H groups in total. The highest BCUT2D eigenvalue weighted by Gasteiger charge is 2.44. The first-order valence-corrected chi connectivity index (χ1v) is 26.2. The first-order valence-electron chi connectivity index (χ1n) is 26.2. The predicted molar refractivity (Wildman–Crippen MR) is 284 cm³/mol. The molecule has 0 bridgehead atoms. The van der Waals surface area contributed by atoms with Gasteiger partial charge in [-0.05, 0) is 67.2 Å². The Bertz CT molecular complexity index is 2200. The van der Waals surface area contributed by atoms with Crippen LogP contribution in [0.25, 0.3) is 0 Å². The molecule has 1 aliphatic heterocycles. The van der Waals surface area contributed by atoms with Crippen LogP contribution in [0.2, 0.25) is 0 Å². The summed E-state index contributed by atoms with van der Waals surface area (Å²) in [6.45, 7) is 16.7. The number of aliphatic hydroxyl groups excluding tert-OH is 1. The maximum absolute atomic E-state index is 14.7. The second-order valence-electron chi connectivity index (χ2n) is 20.6. The molecule has 2 aromatic carbocycles. The third-order valence-corrected chi connectivity index (χ3v) is 14.2. The van der Waals surface area contributed by atoms with Crippen LogP contribution in [0.1, 0.15) is 124 Å². The molecular formula is C55H86N8O12. The Morgan fingerprint density at radius 3 is 1.97 bits per heavy atom. The largest absolute Gasteiger partial charge is 0.445 e. The van der Waals surface area contributed by atoms with Crippen LogP contribution in [0.3, 0.4) is 0 Å². The number of hydrogen-bond acceptors (Lipinski definition) is 12. The topological polar surface area (TPSA) is 268 Å². The predicted octanol–water partition coefficient (Wildman–Crippen LogP) is 4.68. The lowest BCUT2D eigenvalue weighted by atomic mass is 9.89. The van der Waals surface area contributed by atoms with Gasteiger partial charge in [-0.15, -0.1) is 0 Å². The van der Waals surface area contributed by atoms with E-state index >= 15 is 0 Å². The van der Waals surface area contributed by atoms with Gasteiger partial charge >= 0.3 is 6.09 Å². The molecule has 20 nitrogen and oxygen atoms in total. The second kappa shape index (κ2) is 30.4. The van der Waals surface area contributed by atoms with E-state index in [-0.39, 0.29) is 49.5 Å². The van der Waals surface area contributed by atoms with Gasteiger partial charge in [0.05, 0.1) is 55.2 Å². The Morgan fingerprint density at radius 2 is 1.43 bits per heavy atom. The molecule has 75 heavy (non-hydrogen) atoms. The zero-order valence-electron chi connectivity index (χ0n) is 46.4. The summed E-state index contributed by atoms with van der Waals surface area (Å²) in [5, 5.41) is 22.0. The number of nitrogens with zero attached hydrogens (tertiary/aromatic N) is 3. The summed E-state index contributed by atoms with van der Waals surface area (Å²) in [6.07, 6.45) is -0.897. The van der Waals surface area contributed by atoms with Crippen molar-refractivity contribution >= 4 is 53.1 Å². The minimum Gasteiger partial charge on any atom is -0.445 e. The van der Waals surface area contributed by atoms with Gasteiger partial charge in [0, 0.05) is 47.0 Å². The van der Waals surface area contributed by atoms with Crippen molar-refractivity contribution in [3.8, 4) is 0 Å². The van der Waals surface area contributed by atoms with Crippen LogP contribution in [-0.4, -0.2) is 151 Å². The molecule has 1 fully saturated rings. The number of methoxy groups -OCH3 is 2. The number of anilines is 1. The van der Waals surface area contributed by atoms with Crippen molar-refractivity contribution in [1.29, 1.82) is 0 Å². The summed E-state index contributed by atoms with van der Waals surface area (Å²) in [5.41, 5.74) is 6.91. The Balaban J connectivity index is 1.71. The summed E-state index contributed by atoms with van der Waals surface area (Å²) in [6, 6.07) is 10.6. The number of nitrogens with two attached hydrogens (primary N) is 1. The molecule has 1 saturated heterocycles. The maximum atomic E-state index is 14.7. The molecule has 2 aromatic rings. The zero-order chi connectivity index (χ0) is 56.3. The third-order valence-electron chi connectivity index (χ3n) is 14.2. The van der Waals surface area contributed by atoms with Gasteiger partial charge < -0.3 is 56.1 Å². The summed E-state index contributed by atoms with van der Waals surface area (Å²) in [4.78, 5) is 112. The number of primary amides is 1. The normalized spacial score (nSPS) is 17.5. The average molecular weight is 1050 g/mol. The standard InChI is InChI=1S/C55H86N8O12/c1-14-20-44(65)59-40(29-43(56)64)52(69)58-39-26-24-37(25-27-39)31-75-55(72)62(11)47(33(5)6)53(70)60-46(32(3)4)54(71)61(10)48(34(7)15-2)42(73-12)30-45(66)63-28-19-23-41(63)50(74-13)35(8)51(68)57-36(9)49(67)38-21-17-16-18-22-38/h16-18,21-22,24-27,32-36,40-42,46-50,67H,14-15,19-20,23,28-31H2,1-13H3,(H2,56,64)(H,57,68)(H,58,69)(H,59,65)(H,60,70)/t34-,35+,36+,40+,41-,42+,46?,47-,48-,49+,50+/m0/s1. The first kappa shape index (κ1) is 63.2. The van der Waals surface area contributed by atoms with Crippen LogP contribution < -0.4 is 27.0 Å². The lowest BCUT2D eigenvalue weighted by Gasteiger charge is -2.41. The number of likely N-dealkylation sites (tertiary alicyclic amines) is 1. The number of hydrogen-bond donors (Lipinski definition) is 6. The number of aliphatic hydroxyl groups is 1. The van der Waals surface area contributed by atoms with Gasteiger partial charge in [0.15, 0.2) is 0 Å². The highest BCUT2D eigenvalue weighted by Crippen LogP contribution is 2.30. The number of rotatable bonds is 29. The molecule has 0 saturated carbocycles. The van der Waals surface area contributed by atoms with Crippen molar-refractivity contribution < 1.29 is 57.7 Å². The molecule has 1 aliphatic rings. The number of benzene rings is 2. The molecule has 0 radical (unpaired) electrons. The minimum atomic E-state index is -1.16. The van der Waals surface area contributed by atoms with Crippen LogP contribution >= 0.6 is 0 Å². The summed E-state index contributed by atoms with van der Waals surface area (Å²) < 4.78 is 17.6. The van der Waals surface area contributed by atoms with Crippen molar-refractivity contribution in [3.05, 3.63) is 65.7 Å². The first-order chi connectivity index (χ1) is 35.4. The molecule has 11 atom stereocenters. The van der Waals surface area contributed by atoms with E-state index in [2.05, 4.69) is 21.3 Å². The van der Waals surface area contributed by atoms with Gasteiger partial charge in [-0.3, -0.25) is 38.5 Å². The molecular weight excluding hydrogens is 965 g/mol. The van der Waals surface area contributed by atoms with E-state index in [0.29, 0.717) is 49.0 Å². The fourth-order valence-electron chi connectivity index (χ4n) is 9.76. The van der Waals surface area contributed by atoms with Gasteiger partial charge in [0.2, 0.25) is 41.4 Å². The van der Waals surface area contributed by atoms with Crippen molar-refractivity contribution in [1.82, 2.24) is 30.7 Å². The fraction of sp³-hybridized carbons (Fsp3) is 0.636. The average Bonchev–Trinajstić information content (AvgIpc) is 3.86. The van der Waals surface area contributed by atoms with E-state index in [0.717, 1.165) is 0 Å². The number of ether oxygens (including phenoxy) is 3. The van der Waals surface area contributed by atoms with Crippen LogP contribution in [-0.2, 0) is 54.4 Å². The number of likely N-dealkylation sites (N-methyl/N-ethyl adjacent to an activating group) is 2. The summed E-state index contributed by atoms with van der Waals surface area (Å²) in [5.74, 6) is -4.89. The minimum absolute atomic E-state index is 0.0718. The highest BCUT2D eigenvalue weighted by molar-refractivity contribution is 5.99. The Hall–Kier alpha value is -6.12. The highest BCUT2D eigenvalue weighted by atomic mass is 16.6. The van der Waals surface area contributed by atoms with Crippen LogP contribution in [0.15, 0.2) is 54.6 Å². The van der Waals surface area contributed by atoms with Crippen LogP contribution in [0.5, 0.6) is 0 Å². The van der Waals surface area contributed by atoms with E-state index in [1.165, 1.54) is 26.2 Å². The molecule has 418 valence electrons. The molecule has 1 heterocycles. The molecule has 0 aromatic heterocycles. The van der Waals surface area contributed by atoms with Crippen molar-refractivity contribution in [2.45, 2.75) is 168 Å². The monoisotopic (exact) mass is 1050 g/mol. The van der Waals surface area contributed by atoms with E-state index in [1.54, 1.807) is 80.9 Å². The molecule has 0 aliphatic carbocycles. The van der Waals surface area contributed by atoms with Gasteiger partial charge in [-0.1, -0.05) is 104 Å².